The lowest BCUT2D eigenvalue weighted by atomic mass is 10.4. The molecule has 0 rings (SSSR count). The van der Waals surface area contributed by atoms with Crippen molar-refractivity contribution < 1.29 is 24.2 Å². The molecule has 8 nitrogen and oxygen atoms in total. The van der Waals surface area contributed by atoms with E-state index in [-0.39, 0.29) is 12.6 Å². The Hall–Kier alpha value is -1.83. The number of urea groups is 1. The van der Waals surface area contributed by atoms with E-state index in [0.29, 0.717) is 6.61 Å². The number of rotatable bonds is 7. The van der Waals surface area contributed by atoms with Crippen LogP contribution in [0.25, 0.3) is 0 Å². The van der Waals surface area contributed by atoms with E-state index in [4.69, 9.17) is 9.84 Å². The van der Waals surface area contributed by atoms with E-state index in [2.05, 4.69) is 16.0 Å². The van der Waals surface area contributed by atoms with Gasteiger partial charge in [0, 0.05) is 7.11 Å². The number of ether oxygens (including phenoxy) is 1. The van der Waals surface area contributed by atoms with E-state index >= 15 is 0 Å². The molecule has 3 amide bonds. The van der Waals surface area contributed by atoms with Gasteiger partial charge in [-0.3, -0.25) is 9.59 Å². The van der Waals surface area contributed by atoms with Crippen molar-refractivity contribution in [1.82, 2.24) is 16.0 Å². The number of carbonyl (C=O) groups excluding carboxylic acids is 2. The third kappa shape index (κ3) is 9.12. The molecule has 8 heteroatoms. The lowest BCUT2D eigenvalue weighted by Gasteiger charge is -2.13. The summed E-state index contributed by atoms with van der Waals surface area (Å²) in [5, 5.41) is 15.2. The Morgan fingerprint density at radius 2 is 1.88 bits per heavy atom. The van der Waals surface area contributed by atoms with Crippen molar-refractivity contribution in [3.63, 3.8) is 0 Å². The third-order valence-corrected chi connectivity index (χ3v) is 1.64. The molecule has 0 heterocycles. The Balaban J connectivity index is 3.69. The number of amides is 3. The van der Waals surface area contributed by atoms with Gasteiger partial charge in [0.15, 0.2) is 0 Å². The van der Waals surface area contributed by atoms with Crippen LogP contribution in [0.2, 0.25) is 0 Å². The molecule has 1 atom stereocenters. The Morgan fingerprint density at radius 1 is 1.24 bits per heavy atom. The van der Waals surface area contributed by atoms with Crippen LogP contribution in [-0.2, 0) is 14.3 Å². The molecule has 0 aromatic heterocycles. The first-order chi connectivity index (χ1) is 7.95. The molecule has 1 unspecified atom stereocenters. The summed E-state index contributed by atoms with van der Waals surface area (Å²) < 4.78 is 4.81. The van der Waals surface area contributed by atoms with Crippen LogP contribution in [0.5, 0.6) is 0 Å². The Bertz CT molecular complexity index is 282. The SMILES string of the molecule is COCC(C)NC(=O)NCC(=O)NCC(=O)O. The lowest BCUT2D eigenvalue weighted by molar-refractivity contribution is -0.137. The van der Waals surface area contributed by atoms with Gasteiger partial charge in [0.2, 0.25) is 5.91 Å². The van der Waals surface area contributed by atoms with Gasteiger partial charge in [0.25, 0.3) is 0 Å². The standard InChI is InChI=1S/C9H17N3O5/c1-6(5-17-2)12-9(16)11-3-7(13)10-4-8(14)15/h6H,3-5H2,1-2H3,(H,10,13)(H,14,15)(H2,11,12,16). The van der Waals surface area contributed by atoms with Crippen molar-refractivity contribution in [2.45, 2.75) is 13.0 Å². The van der Waals surface area contributed by atoms with Crippen molar-refractivity contribution in [3.05, 3.63) is 0 Å². The van der Waals surface area contributed by atoms with Gasteiger partial charge >= 0.3 is 12.0 Å². The molecule has 0 bridgehead atoms. The fraction of sp³-hybridized carbons (Fsp3) is 0.667. The van der Waals surface area contributed by atoms with Crippen molar-refractivity contribution >= 4 is 17.9 Å². The maximum atomic E-state index is 11.2. The second kappa shape index (κ2) is 8.34. The van der Waals surface area contributed by atoms with Gasteiger partial charge in [0.1, 0.15) is 6.54 Å². The lowest BCUT2D eigenvalue weighted by Crippen LogP contribution is -2.46. The van der Waals surface area contributed by atoms with Crippen LogP contribution in [-0.4, -0.2) is 55.9 Å². The van der Waals surface area contributed by atoms with Gasteiger partial charge < -0.3 is 25.8 Å². The first-order valence-corrected chi connectivity index (χ1v) is 4.97. The highest BCUT2D eigenvalue weighted by atomic mass is 16.5. The van der Waals surface area contributed by atoms with Crippen LogP contribution in [0.4, 0.5) is 4.79 Å². The molecule has 0 radical (unpaired) electrons. The number of carboxylic acid groups (broad SMARTS) is 1. The highest BCUT2D eigenvalue weighted by Crippen LogP contribution is 1.81. The van der Waals surface area contributed by atoms with Gasteiger partial charge in [-0.05, 0) is 6.92 Å². The average Bonchev–Trinajstić information content (AvgIpc) is 2.23. The van der Waals surface area contributed by atoms with E-state index in [1.54, 1.807) is 6.92 Å². The number of methoxy groups -OCH3 is 1. The van der Waals surface area contributed by atoms with E-state index in [1.807, 2.05) is 0 Å². The minimum atomic E-state index is -1.14. The zero-order valence-electron chi connectivity index (χ0n) is 9.78. The fourth-order valence-corrected chi connectivity index (χ4v) is 0.964. The Labute approximate surface area is 98.7 Å². The number of hydrogen-bond acceptors (Lipinski definition) is 4. The molecule has 0 aromatic rings. The van der Waals surface area contributed by atoms with Crippen LogP contribution in [0.1, 0.15) is 6.92 Å². The zero-order valence-corrected chi connectivity index (χ0v) is 9.78. The molecule has 0 aliphatic rings. The quantitative estimate of drug-likeness (QED) is 0.438. The van der Waals surface area contributed by atoms with E-state index in [0.717, 1.165) is 0 Å². The van der Waals surface area contributed by atoms with Crippen LogP contribution < -0.4 is 16.0 Å². The minimum Gasteiger partial charge on any atom is -0.480 e. The van der Waals surface area contributed by atoms with Gasteiger partial charge in [-0.2, -0.15) is 0 Å². The molecular formula is C9H17N3O5. The summed E-state index contributed by atoms with van der Waals surface area (Å²) in [5.74, 6) is -1.71. The molecular weight excluding hydrogens is 230 g/mol. The second-order valence-electron chi connectivity index (χ2n) is 3.35. The minimum absolute atomic E-state index is 0.179. The molecule has 0 aromatic carbocycles. The van der Waals surface area contributed by atoms with Crippen LogP contribution in [0, 0.1) is 0 Å². The van der Waals surface area contributed by atoms with Crippen LogP contribution >= 0.6 is 0 Å². The predicted octanol–water partition coefficient (Wildman–Crippen LogP) is -1.48. The highest BCUT2D eigenvalue weighted by Gasteiger charge is 2.08. The smallest absolute Gasteiger partial charge is 0.322 e. The molecule has 0 aliphatic carbocycles. The topological polar surface area (TPSA) is 117 Å². The largest absolute Gasteiger partial charge is 0.480 e. The number of carbonyl (C=O) groups is 3. The number of carboxylic acids is 1. The van der Waals surface area contributed by atoms with Crippen LogP contribution in [0.3, 0.4) is 0 Å². The fourth-order valence-electron chi connectivity index (χ4n) is 0.964. The molecule has 17 heavy (non-hydrogen) atoms. The van der Waals surface area contributed by atoms with Crippen LogP contribution in [0.15, 0.2) is 0 Å². The molecule has 0 fully saturated rings. The Morgan fingerprint density at radius 3 is 2.41 bits per heavy atom. The summed E-state index contributed by atoms with van der Waals surface area (Å²) in [4.78, 5) is 32.3. The highest BCUT2D eigenvalue weighted by molar-refractivity contribution is 5.86. The van der Waals surface area contributed by atoms with Crippen molar-refractivity contribution in [3.8, 4) is 0 Å². The summed E-state index contributed by atoms with van der Waals surface area (Å²) >= 11 is 0. The van der Waals surface area contributed by atoms with Crippen molar-refractivity contribution in [1.29, 1.82) is 0 Å². The molecule has 0 saturated carbocycles. The maximum absolute atomic E-state index is 11.2. The maximum Gasteiger partial charge on any atom is 0.322 e. The average molecular weight is 247 g/mol. The normalized spacial score (nSPS) is 11.4. The van der Waals surface area contributed by atoms with Gasteiger partial charge in [-0.1, -0.05) is 0 Å². The van der Waals surface area contributed by atoms with Crippen molar-refractivity contribution in [2.24, 2.45) is 0 Å². The van der Waals surface area contributed by atoms with E-state index in [1.165, 1.54) is 7.11 Å². The summed E-state index contributed by atoms with van der Waals surface area (Å²) in [6.07, 6.45) is 0. The summed E-state index contributed by atoms with van der Waals surface area (Å²) in [5.41, 5.74) is 0. The molecule has 4 N–H and O–H groups in total. The predicted molar refractivity (Wildman–Crippen MR) is 58.5 cm³/mol. The summed E-state index contributed by atoms with van der Waals surface area (Å²) in [6.45, 7) is 1.35. The molecule has 98 valence electrons. The monoisotopic (exact) mass is 247 g/mol. The van der Waals surface area contributed by atoms with Gasteiger partial charge in [0.05, 0.1) is 19.2 Å². The van der Waals surface area contributed by atoms with Gasteiger partial charge in [-0.15, -0.1) is 0 Å². The van der Waals surface area contributed by atoms with E-state index < -0.39 is 24.5 Å². The number of aliphatic carboxylic acids is 1. The van der Waals surface area contributed by atoms with Crippen molar-refractivity contribution in [2.75, 3.05) is 26.8 Å². The molecule has 0 spiro atoms. The third-order valence-electron chi connectivity index (χ3n) is 1.64. The van der Waals surface area contributed by atoms with E-state index in [9.17, 15) is 14.4 Å². The molecule has 0 saturated heterocycles. The number of nitrogens with one attached hydrogen (secondary N) is 3. The summed E-state index contributed by atoms with van der Waals surface area (Å²) in [6, 6.07) is -0.692. The summed E-state index contributed by atoms with van der Waals surface area (Å²) in [7, 11) is 1.51. The second-order valence-corrected chi connectivity index (χ2v) is 3.35. The van der Waals surface area contributed by atoms with Gasteiger partial charge in [-0.25, -0.2) is 4.79 Å². The first kappa shape index (κ1) is 15.2. The Kier molecular flexibility index (Phi) is 7.44. The zero-order chi connectivity index (χ0) is 13.3. The first-order valence-electron chi connectivity index (χ1n) is 4.97. The number of hydrogen-bond donors (Lipinski definition) is 4. The molecule has 0 aliphatic heterocycles.